The molecule has 0 bridgehead atoms. The van der Waals surface area contributed by atoms with Gasteiger partial charge < -0.3 is 15.3 Å². The van der Waals surface area contributed by atoms with E-state index in [0.717, 1.165) is 13.1 Å². The summed E-state index contributed by atoms with van der Waals surface area (Å²) in [5.74, 6) is 0.673. The molecule has 2 fully saturated rings. The molecule has 1 saturated carbocycles. The zero-order valence-corrected chi connectivity index (χ0v) is 12.2. The molecule has 0 aromatic heterocycles. The second-order valence-corrected chi connectivity index (χ2v) is 6.33. The van der Waals surface area contributed by atoms with Crippen LogP contribution < -0.4 is 5.32 Å². The first-order valence-corrected chi connectivity index (χ1v) is 7.30. The average Bonchev–Trinajstić information content (AvgIpc) is 3.21. The van der Waals surface area contributed by atoms with Crippen molar-refractivity contribution in [2.24, 2.45) is 5.92 Å². The minimum Gasteiger partial charge on any atom is -0.394 e. The Labute approximate surface area is 111 Å². The summed E-state index contributed by atoms with van der Waals surface area (Å²) < 4.78 is 0. The summed E-state index contributed by atoms with van der Waals surface area (Å²) in [6.45, 7) is 3.58. The third-order valence-electron chi connectivity index (χ3n) is 4.86. The first kappa shape index (κ1) is 14.3. The Morgan fingerprint density at radius 3 is 2.56 bits per heavy atom. The van der Waals surface area contributed by atoms with Gasteiger partial charge in [-0.3, -0.25) is 4.90 Å². The molecule has 1 saturated heterocycles. The highest BCUT2D eigenvalue weighted by Crippen LogP contribution is 2.40. The summed E-state index contributed by atoms with van der Waals surface area (Å²) in [4.78, 5) is 4.88. The van der Waals surface area contributed by atoms with Crippen LogP contribution in [0.15, 0.2) is 0 Å². The Morgan fingerprint density at radius 2 is 2.06 bits per heavy atom. The van der Waals surface area contributed by atoms with Crippen molar-refractivity contribution < 1.29 is 5.11 Å². The molecule has 2 aliphatic rings. The highest BCUT2D eigenvalue weighted by molar-refractivity contribution is 5.02. The number of hydrogen-bond acceptors (Lipinski definition) is 4. The lowest BCUT2D eigenvalue weighted by atomic mass is 9.92. The van der Waals surface area contributed by atoms with Gasteiger partial charge in [0.2, 0.25) is 0 Å². The van der Waals surface area contributed by atoms with E-state index in [1.807, 2.05) is 7.05 Å². The fraction of sp³-hybridized carbons (Fsp3) is 1.00. The van der Waals surface area contributed by atoms with Crippen LogP contribution in [-0.4, -0.2) is 73.9 Å². The fourth-order valence-corrected chi connectivity index (χ4v) is 3.30. The van der Waals surface area contributed by atoms with Crippen molar-refractivity contribution >= 4 is 0 Å². The molecule has 0 radical (unpaired) electrons. The van der Waals surface area contributed by atoms with Crippen molar-refractivity contribution in [1.29, 1.82) is 0 Å². The SMILES string of the molecule is CNC(CO)(CN1CCCC(N(C)C)C1)C1CC1. The van der Waals surface area contributed by atoms with E-state index in [4.69, 9.17) is 0 Å². The lowest BCUT2D eigenvalue weighted by Crippen LogP contribution is -2.59. The number of hydrogen-bond donors (Lipinski definition) is 2. The molecule has 4 nitrogen and oxygen atoms in total. The molecular formula is C14H29N3O. The number of likely N-dealkylation sites (N-methyl/N-ethyl adjacent to an activating group) is 2. The second-order valence-electron chi connectivity index (χ2n) is 6.33. The molecule has 106 valence electrons. The van der Waals surface area contributed by atoms with Gasteiger partial charge in [-0.25, -0.2) is 0 Å². The quantitative estimate of drug-likeness (QED) is 0.719. The molecule has 0 amide bonds. The monoisotopic (exact) mass is 255 g/mol. The van der Waals surface area contributed by atoms with Crippen LogP contribution in [0.4, 0.5) is 0 Å². The van der Waals surface area contributed by atoms with Gasteiger partial charge >= 0.3 is 0 Å². The Kier molecular flexibility index (Phi) is 4.64. The number of rotatable bonds is 6. The standard InChI is InChI=1S/C14H29N3O/c1-15-14(11-18,12-6-7-12)10-17-8-4-5-13(9-17)16(2)3/h12-13,15,18H,4-11H2,1-3H3. The minimum absolute atomic E-state index is 0.0613. The van der Waals surface area contributed by atoms with Gasteiger partial charge in [0.25, 0.3) is 0 Å². The smallest absolute Gasteiger partial charge is 0.0628 e. The molecule has 18 heavy (non-hydrogen) atoms. The van der Waals surface area contributed by atoms with Gasteiger partial charge in [-0.15, -0.1) is 0 Å². The van der Waals surface area contributed by atoms with Gasteiger partial charge in [-0.05, 0) is 59.3 Å². The molecule has 0 spiro atoms. The van der Waals surface area contributed by atoms with Crippen molar-refractivity contribution in [2.45, 2.75) is 37.3 Å². The van der Waals surface area contributed by atoms with Gasteiger partial charge in [0, 0.05) is 19.1 Å². The van der Waals surface area contributed by atoms with Gasteiger partial charge in [-0.2, -0.15) is 0 Å². The molecule has 4 heteroatoms. The largest absolute Gasteiger partial charge is 0.394 e. The molecule has 2 unspecified atom stereocenters. The normalized spacial score (nSPS) is 29.5. The molecule has 0 aromatic rings. The van der Waals surface area contributed by atoms with E-state index in [1.165, 1.54) is 32.2 Å². The number of piperidine rings is 1. The van der Waals surface area contributed by atoms with E-state index >= 15 is 0 Å². The Bertz CT molecular complexity index is 262. The van der Waals surface area contributed by atoms with Crippen LogP contribution in [0.3, 0.4) is 0 Å². The predicted octanol–water partition coefficient (Wildman–Crippen LogP) is 0.373. The maximum Gasteiger partial charge on any atom is 0.0628 e. The van der Waals surface area contributed by atoms with E-state index in [2.05, 4.69) is 29.2 Å². The molecule has 2 atom stereocenters. The molecule has 0 aromatic carbocycles. The van der Waals surface area contributed by atoms with Gasteiger partial charge in [0.15, 0.2) is 0 Å². The summed E-state index contributed by atoms with van der Waals surface area (Å²) in [7, 11) is 6.35. The van der Waals surface area contributed by atoms with Gasteiger partial charge in [0.05, 0.1) is 12.1 Å². The van der Waals surface area contributed by atoms with Crippen LogP contribution in [0.2, 0.25) is 0 Å². The predicted molar refractivity (Wildman–Crippen MR) is 74.7 cm³/mol. The average molecular weight is 255 g/mol. The van der Waals surface area contributed by atoms with Crippen molar-refractivity contribution in [1.82, 2.24) is 15.1 Å². The number of nitrogens with one attached hydrogen (secondary N) is 1. The molecule has 2 N–H and O–H groups in total. The Balaban J connectivity index is 1.94. The van der Waals surface area contributed by atoms with Crippen molar-refractivity contribution in [2.75, 3.05) is 47.4 Å². The van der Waals surface area contributed by atoms with E-state index < -0.39 is 0 Å². The van der Waals surface area contributed by atoms with E-state index in [9.17, 15) is 5.11 Å². The zero-order valence-electron chi connectivity index (χ0n) is 12.2. The van der Waals surface area contributed by atoms with Crippen LogP contribution in [0.5, 0.6) is 0 Å². The summed E-state index contributed by atoms with van der Waals surface area (Å²) >= 11 is 0. The lowest BCUT2D eigenvalue weighted by molar-refractivity contribution is 0.0635. The van der Waals surface area contributed by atoms with Crippen LogP contribution in [0.25, 0.3) is 0 Å². The number of aliphatic hydroxyl groups excluding tert-OH is 1. The molecule has 1 heterocycles. The van der Waals surface area contributed by atoms with Crippen molar-refractivity contribution in [3.05, 3.63) is 0 Å². The van der Waals surface area contributed by atoms with E-state index in [1.54, 1.807) is 0 Å². The van der Waals surface area contributed by atoms with Crippen molar-refractivity contribution in [3.63, 3.8) is 0 Å². The summed E-state index contributed by atoms with van der Waals surface area (Å²) in [6, 6.07) is 0.672. The number of likely N-dealkylation sites (tertiary alicyclic amines) is 1. The second kappa shape index (κ2) is 5.87. The first-order chi connectivity index (χ1) is 8.61. The minimum atomic E-state index is -0.0613. The molecule has 2 rings (SSSR count). The maximum atomic E-state index is 9.79. The maximum absolute atomic E-state index is 9.79. The van der Waals surface area contributed by atoms with Gasteiger partial charge in [0.1, 0.15) is 0 Å². The van der Waals surface area contributed by atoms with Crippen LogP contribution in [0, 0.1) is 5.92 Å². The van der Waals surface area contributed by atoms with Crippen LogP contribution in [0.1, 0.15) is 25.7 Å². The lowest BCUT2D eigenvalue weighted by Gasteiger charge is -2.42. The Morgan fingerprint density at radius 1 is 1.33 bits per heavy atom. The van der Waals surface area contributed by atoms with Gasteiger partial charge in [-0.1, -0.05) is 0 Å². The Hall–Kier alpha value is -0.160. The topological polar surface area (TPSA) is 38.7 Å². The summed E-state index contributed by atoms with van der Waals surface area (Å²) in [5, 5.41) is 13.2. The number of nitrogens with zero attached hydrogens (tertiary/aromatic N) is 2. The zero-order chi connectivity index (χ0) is 13.2. The highest BCUT2D eigenvalue weighted by atomic mass is 16.3. The van der Waals surface area contributed by atoms with Crippen LogP contribution >= 0.6 is 0 Å². The fourth-order valence-electron chi connectivity index (χ4n) is 3.30. The van der Waals surface area contributed by atoms with Crippen LogP contribution in [-0.2, 0) is 0 Å². The summed E-state index contributed by atoms with van der Waals surface area (Å²) in [6.07, 6.45) is 5.12. The highest BCUT2D eigenvalue weighted by Gasteiger charge is 2.45. The molecular weight excluding hydrogens is 226 g/mol. The number of aliphatic hydroxyl groups is 1. The third kappa shape index (κ3) is 3.05. The van der Waals surface area contributed by atoms with Crippen molar-refractivity contribution in [3.8, 4) is 0 Å². The molecule has 1 aliphatic heterocycles. The van der Waals surface area contributed by atoms with E-state index in [-0.39, 0.29) is 12.1 Å². The molecule has 1 aliphatic carbocycles. The summed E-state index contributed by atoms with van der Waals surface area (Å²) in [5.41, 5.74) is -0.0613. The first-order valence-electron chi connectivity index (χ1n) is 7.30. The van der Waals surface area contributed by atoms with E-state index in [0.29, 0.717) is 12.0 Å². The third-order valence-corrected chi connectivity index (χ3v) is 4.86.